The largest absolute Gasteiger partial charge is 0.464 e. The lowest BCUT2D eigenvalue weighted by Gasteiger charge is -2.30. The van der Waals surface area contributed by atoms with E-state index in [1.165, 1.54) is 12.1 Å². The Morgan fingerprint density at radius 2 is 1.47 bits per heavy atom. The molecule has 0 spiro atoms. The van der Waals surface area contributed by atoms with Gasteiger partial charge in [-0.05, 0) is 49.1 Å². The normalized spacial score (nSPS) is 11.9. The first kappa shape index (κ1) is 25.2. The average Bonchev–Trinajstić information content (AvgIpc) is 2.73. The van der Waals surface area contributed by atoms with Gasteiger partial charge < -0.3 is 14.2 Å². The molecule has 8 heteroatoms. The maximum absolute atomic E-state index is 13.2. The van der Waals surface area contributed by atoms with Crippen molar-refractivity contribution in [3.63, 3.8) is 0 Å². The summed E-state index contributed by atoms with van der Waals surface area (Å²) in [5.74, 6) is -1.65. The molecular formula is C24H27F3O5. The second-order valence-electron chi connectivity index (χ2n) is 7.47. The third-order valence-electron chi connectivity index (χ3n) is 4.76. The first-order chi connectivity index (χ1) is 15.0. The summed E-state index contributed by atoms with van der Waals surface area (Å²) in [6.45, 7) is 7.00. The van der Waals surface area contributed by atoms with Crippen LogP contribution in [-0.4, -0.2) is 30.8 Å². The van der Waals surface area contributed by atoms with Gasteiger partial charge in [0.15, 0.2) is 0 Å². The Balaban J connectivity index is 2.55. The zero-order valence-corrected chi connectivity index (χ0v) is 18.5. The summed E-state index contributed by atoms with van der Waals surface area (Å²) in [5.41, 5.74) is -2.14. The molecule has 2 rings (SSSR count). The Labute approximate surface area is 185 Å². The molecule has 0 bridgehead atoms. The number of rotatable bonds is 9. The van der Waals surface area contributed by atoms with Crippen LogP contribution in [0.1, 0.15) is 50.3 Å². The highest BCUT2D eigenvalue weighted by Gasteiger charge is 2.52. The predicted octanol–water partition coefficient (Wildman–Crippen LogP) is 5.32. The molecular weight excluding hydrogens is 425 g/mol. The van der Waals surface area contributed by atoms with E-state index in [9.17, 15) is 22.8 Å². The van der Waals surface area contributed by atoms with Crippen LogP contribution in [0.2, 0.25) is 0 Å². The van der Waals surface area contributed by atoms with Gasteiger partial charge in [-0.25, -0.2) is 9.59 Å². The predicted molar refractivity (Wildman–Crippen MR) is 112 cm³/mol. The summed E-state index contributed by atoms with van der Waals surface area (Å²) < 4.78 is 55.6. The fourth-order valence-corrected chi connectivity index (χ4v) is 3.11. The van der Waals surface area contributed by atoms with E-state index in [1.807, 2.05) is 13.8 Å². The van der Waals surface area contributed by atoms with Crippen LogP contribution in [0, 0.1) is 0 Å². The van der Waals surface area contributed by atoms with Crippen LogP contribution in [0.5, 0.6) is 5.75 Å². The second kappa shape index (κ2) is 10.5. The summed E-state index contributed by atoms with van der Waals surface area (Å²) in [6, 6.07) is 11.1. The second-order valence-corrected chi connectivity index (χ2v) is 7.47. The standard InChI is InChI=1S/C24H27F3O5/c1-5-30-21(28)23(22(29)31-6-2,32-20-12-10-18(11-13-20)16(3)4)15-17-8-7-9-19(14-17)24(25,26)27/h7-14,16H,5-6,15H2,1-4H3. The van der Waals surface area contributed by atoms with E-state index in [0.29, 0.717) is 0 Å². The average molecular weight is 452 g/mol. The number of halogens is 3. The van der Waals surface area contributed by atoms with E-state index >= 15 is 0 Å². The molecule has 0 saturated carbocycles. The Morgan fingerprint density at radius 1 is 0.906 bits per heavy atom. The smallest absolute Gasteiger partial charge is 0.416 e. The van der Waals surface area contributed by atoms with Gasteiger partial charge in [0.2, 0.25) is 0 Å². The number of esters is 2. The summed E-state index contributed by atoms with van der Waals surface area (Å²) in [4.78, 5) is 26.0. The number of carbonyl (C=O) groups is 2. The molecule has 0 amide bonds. The first-order valence-corrected chi connectivity index (χ1v) is 10.3. The molecule has 0 aliphatic rings. The Hall–Kier alpha value is -3.03. The van der Waals surface area contributed by atoms with Crippen LogP contribution in [0.15, 0.2) is 48.5 Å². The van der Waals surface area contributed by atoms with Crippen molar-refractivity contribution < 1.29 is 37.0 Å². The van der Waals surface area contributed by atoms with Crippen LogP contribution in [0.25, 0.3) is 0 Å². The number of alkyl halides is 3. The molecule has 174 valence electrons. The number of ether oxygens (including phenoxy) is 3. The van der Waals surface area contributed by atoms with Gasteiger partial charge in [-0.15, -0.1) is 0 Å². The van der Waals surface area contributed by atoms with Gasteiger partial charge in [0.25, 0.3) is 0 Å². The Morgan fingerprint density at radius 3 is 1.94 bits per heavy atom. The molecule has 0 N–H and O–H groups in total. The van der Waals surface area contributed by atoms with E-state index in [-0.39, 0.29) is 30.4 Å². The summed E-state index contributed by atoms with van der Waals surface area (Å²) in [6.07, 6.45) is -5.08. The van der Waals surface area contributed by atoms with Crippen molar-refractivity contribution >= 4 is 11.9 Å². The minimum Gasteiger partial charge on any atom is -0.464 e. The lowest BCUT2D eigenvalue weighted by atomic mass is 9.92. The summed E-state index contributed by atoms with van der Waals surface area (Å²) in [5, 5.41) is 0. The van der Waals surface area contributed by atoms with Gasteiger partial charge in [0, 0.05) is 6.42 Å². The van der Waals surface area contributed by atoms with Crippen LogP contribution in [-0.2, 0) is 31.7 Å². The highest BCUT2D eigenvalue weighted by atomic mass is 19.4. The number of hydrogen-bond donors (Lipinski definition) is 0. The van der Waals surface area contributed by atoms with Crippen LogP contribution in [0.3, 0.4) is 0 Å². The lowest BCUT2D eigenvalue weighted by molar-refractivity contribution is -0.179. The summed E-state index contributed by atoms with van der Waals surface area (Å²) in [7, 11) is 0. The molecule has 2 aromatic rings. The van der Waals surface area contributed by atoms with Gasteiger partial charge in [0.05, 0.1) is 18.8 Å². The quantitative estimate of drug-likeness (QED) is 0.381. The van der Waals surface area contributed by atoms with Gasteiger partial charge in [-0.3, -0.25) is 0 Å². The molecule has 0 radical (unpaired) electrons. The van der Waals surface area contributed by atoms with E-state index in [2.05, 4.69) is 0 Å². The van der Waals surface area contributed by atoms with Crippen molar-refractivity contribution in [1.29, 1.82) is 0 Å². The minimum atomic E-state index is -4.58. The highest BCUT2D eigenvalue weighted by Crippen LogP contribution is 2.32. The van der Waals surface area contributed by atoms with E-state index in [4.69, 9.17) is 14.2 Å². The van der Waals surface area contributed by atoms with Crippen molar-refractivity contribution in [2.24, 2.45) is 0 Å². The molecule has 32 heavy (non-hydrogen) atoms. The molecule has 0 aliphatic heterocycles. The first-order valence-electron chi connectivity index (χ1n) is 10.3. The number of hydrogen-bond acceptors (Lipinski definition) is 5. The zero-order chi connectivity index (χ0) is 23.9. The molecule has 0 aliphatic carbocycles. The minimum absolute atomic E-state index is 0.0573. The van der Waals surface area contributed by atoms with Crippen molar-refractivity contribution in [3.8, 4) is 5.75 Å². The van der Waals surface area contributed by atoms with Crippen LogP contribution in [0.4, 0.5) is 13.2 Å². The fraction of sp³-hybridized carbons (Fsp3) is 0.417. The van der Waals surface area contributed by atoms with E-state index < -0.39 is 35.7 Å². The third kappa shape index (κ3) is 6.02. The number of benzene rings is 2. The molecule has 0 saturated heterocycles. The summed E-state index contributed by atoms with van der Waals surface area (Å²) >= 11 is 0. The zero-order valence-electron chi connectivity index (χ0n) is 18.5. The molecule has 5 nitrogen and oxygen atoms in total. The maximum Gasteiger partial charge on any atom is 0.416 e. The van der Waals surface area contributed by atoms with Gasteiger partial charge >= 0.3 is 23.7 Å². The Bertz CT molecular complexity index is 902. The molecule has 2 aromatic carbocycles. The molecule has 0 aromatic heterocycles. The Kier molecular flexibility index (Phi) is 8.30. The molecule has 0 atom stereocenters. The van der Waals surface area contributed by atoms with Crippen LogP contribution < -0.4 is 4.74 Å². The van der Waals surface area contributed by atoms with E-state index in [0.717, 1.165) is 17.7 Å². The van der Waals surface area contributed by atoms with Crippen molar-refractivity contribution in [3.05, 3.63) is 65.2 Å². The van der Waals surface area contributed by atoms with Crippen molar-refractivity contribution in [1.82, 2.24) is 0 Å². The van der Waals surface area contributed by atoms with Gasteiger partial charge in [-0.2, -0.15) is 13.2 Å². The fourth-order valence-electron chi connectivity index (χ4n) is 3.11. The topological polar surface area (TPSA) is 61.8 Å². The molecule has 0 heterocycles. The highest BCUT2D eigenvalue weighted by molar-refractivity contribution is 6.04. The maximum atomic E-state index is 13.2. The SMILES string of the molecule is CCOC(=O)C(Cc1cccc(C(F)(F)F)c1)(Oc1ccc(C(C)C)cc1)C(=O)OCC. The van der Waals surface area contributed by atoms with Crippen LogP contribution >= 0.6 is 0 Å². The monoisotopic (exact) mass is 452 g/mol. The van der Waals surface area contributed by atoms with Crippen molar-refractivity contribution in [2.45, 2.75) is 51.8 Å². The van der Waals surface area contributed by atoms with Gasteiger partial charge in [-0.1, -0.05) is 44.2 Å². The van der Waals surface area contributed by atoms with Gasteiger partial charge in [0.1, 0.15) is 5.75 Å². The number of carbonyl (C=O) groups excluding carboxylic acids is 2. The third-order valence-corrected chi connectivity index (χ3v) is 4.76. The molecule has 0 unspecified atom stereocenters. The van der Waals surface area contributed by atoms with E-state index in [1.54, 1.807) is 38.1 Å². The molecule has 0 fully saturated rings. The van der Waals surface area contributed by atoms with Crippen molar-refractivity contribution in [2.75, 3.05) is 13.2 Å². The lowest BCUT2D eigenvalue weighted by Crippen LogP contribution is -2.55.